The van der Waals surface area contributed by atoms with Gasteiger partial charge in [0.05, 0.1) is 16.5 Å². The Kier molecular flexibility index (Phi) is 4.53. The predicted octanol–water partition coefficient (Wildman–Crippen LogP) is 0.979. The van der Waals surface area contributed by atoms with Crippen LogP contribution in [0.4, 0.5) is 0 Å². The topological polar surface area (TPSA) is 82.0 Å². The molecule has 1 saturated heterocycles. The van der Waals surface area contributed by atoms with Gasteiger partial charge in [-0.05, 0) is 43.7 Å². The molecule has 0 saturated carbocycles. The van der Waals surface area contributed by atoms with Gasteiger partial charge in [-0.1, -0.05) is 6.42 Å². The molecule has 0 amide bonds. The maximum Gasteiger partial charge on any atom is 0.240 e. The van der Waals surface area contributed by atoms with Gasteiger partial charge < -0.3 is 5.32 Å². The monoisotopic (exact) mass is 279 g/mol. The van der Waals surface area contributed by atoms with Gasteiger partial charge in [0, 0.05) is 12.6 Å². The molecule has 1 aromatic rings. The molecule has 0 aliphatic carbocycles. The van der Waals surface area contributed by atoms with Crippen molar-refractivity contribution in [1.29, 1.82) is 5.26 Å². The molecule has 1 unspecified atom stereocenters. The highest BCUT2D eigenvalue weighted by atomic mass is 32.2. The first-order valence-electron chi connectivity index (χ1n) is 6.35. The van der Waals surface area contributed by atoms with Crippen LogP contribution in [0.15, 0.2) is 29.2 Å². The highest BCUT2D eigenvalue weighted by Crippen LogP contribution is 2.11. The molecule has 2 N–H and O–H groups in total. The number of nitrogens with one attached hydrogen (secondary N) is 2. The third-order valence-electron chi connectivity index (χ3n) is 3.23. The molecule has 0 aromatic heterocycles. The maximum atomic E-state index is 12.1. The van der Waals surface area contributed by atoms with E-state index in [0.717, 1.165) is 25.8 Å². The molecular formula is C13H17N3O2S. The molecule has 19 heavy (non-hydrogen) atoms. The average Bonchev–Trinajstić information content (AvgIpc) is 2.46. The van der Waals surface area contributed by atoms with Crippen LogP contribution in [0.2, 0.25) is 0 Å². The van der Waals surface area contributed by atoms with Gasteiger partial charge in [-0.25, -0.2) is 13.1 Å². The fraction of sp³-hybridized carbons (Fsp3) is 0.462. The van der Waals surface area contributed by atoms with Gasteiger partial charge in [0.1, 0.15) is 0 Å². The molecule has 1 aromatic carbocycles. The van der Waals surface area contributed by atoms with Crippen LogP contribution in [-0.4, -0.2) is 27.5 Å². The number of hydrogen-bond acceptors (Lipinski definition) is 4. The van der Waals surface area contributed by atoms with Crippen molar-refractivity contribution in [2.45, 2.75) is 30.2 Å². The predicted molar refractivity (Wildman–Crippen MR) is 72.0 cm³/mol. The second-order valence-electron chi connectivity index (χ2n) is 4.63. The fourth-order valence-corrected chi connectivity index (χ4v) is 3.18. The summed E-state index contributed by atoms with van der Waals surface area (Å²) in [5, 5.41) is 12.0. The van der Waals surface area contributed by atoms with Crippen LogP contribution >= 0.6 is 0 Å². The van der Waals surface area contributed by atoms with Crippen molar-refractivity contribution in [2.75, 3.05) is 13.1 Å². The lowest BCUT2D eigenvalue weighted by molar-refractivity contribution is 0.398. The molecule has 0 bridgehead atoms. The van der Waals surface area contributed by atoms with E-state index in [4.69, 9.17) is 5.26 Å². The first-order valence-corrected chi connectivity index (χ1v) is 7.83. The second-order valence-corrected chi connectivity index (χ2v) is 6.40. The first kappa shape index (κ1) is 14.0. The minimum absolute atomic E-state index is 0.197. The molecule has 0 spiro atoms. The van der Waals surface area contributed by atoms with Gasteiger partial charge in [-0.3, -0.25) is 0 Å². The summed E-state index contributed by atoms with van der Waals surface area (Å²) in [5.74, 6) is 0. The maximum absolute atomic E-state index is 12.1. The van der Waals surface area contributed by atoms with E-state index in [1.54, 1.807) is 0 Å². The summed E-state index contributed by atoms with van der Waals surface area (Å²) in [6.07, 6.45) is 3.28. The number of hydrogen-bond donors (Lipinski definition) is 2. The Morgan fingerprint density at radius 3 is 2.63 bits per heavy atom. The third kappa shape index (κ3) is 3.77. The van der Waals surface area contributed by atoms with Crippen LogP contribution in [0, 0.1) is 11.3 Å². The second kappa shape index (κ2) is 6.15. The lowest BCUT2D eigenvalue weighted by Crippen LogP contribution is -2.43. The minimum atomic E-state index is -3.48. The summed E-state index contributed by atoms with van der Waals surface area (Å²) in [5.41, 5.74) is 0.452. The van der Waals surface area contributed by atoms with E-state index in [9.17, 15) is 8.42 Å². The zero-order valence-corrected chi connectivity index (χ0v) is 11.4. The molecule has 1 heterocycles. The van der Waals surface area contributed by atoms with E-state index < -0.39 is 10.0 Å². The number of piperidine rings is 1. The molecule has 102 valence electrons. The van der Waals surface area contributed by atoms with Crippen LogP contribution in [0.5, 0.6) is 0 Å². The Morgan fingerprint density at radius 2 is 2.05 bits per heavy atom. The molecule has 2 rings (SSSR count). The van der Waals surface area contributed by atoms with Crippen molar-refractivity contribution in [1.82, 2.24) is 10.0 Å². The van der Waals surface area contributed by atoms with Gasteiger partial charge in [-0.2, -0.15) is 5.26 Å². The molecule has 1 aliphatic heterocycles. The van der Waals surface area contributed by atoms with E-state index in [1.807, 2.05) is 6.07 Å². The molecule has 6 heteroatoms. The summed E-state index contributed by atoms with van der Waals surface area (Å²) in [7, 11) is -3.48. The van der Waals surface area contributed by atoms with Gasteiger partial charge in [0.2, 0.25) is 10.0 Å². The van der Waals surface area contributed by atoms with Crippen molar-refractivity contribution in [3.8, 4) is 6.07 Å². The van der Waals surface area contributed by atoms with Crippen molar-refractivity contribution < 1.29 is 8.42 Å². The quantitative estimate of drug-likeness (QED) is 0.860. The molecule has 1 aliphatic rings. The van der Waals surface area contributed by atoms with Crippen molar-refractivity contribution in [2.24, 2.45) is 0 Å². The van der Waals surface area contributed by atoms with Gasteiger partial charge in [0.25, 0.3) is 0 Å². The van der Waals surface area contributed by atoms with Crippen molar-refractivity contribution in [3.05, 3.63) is 29.8 Å². The number of benzene rings is 1. The van der Waals surface area contributed by atoms with Crippen LogP contribution in [0.3, 0.4) is 0 Å². The third-order valence-corrected chi connectivity index (χ3v) is 4.67. The molecule has 0 radical (unpaired) electrons. The number of nitriles is 1. The summed E-state index contributed by atoms with van der Waals surface area (Å²) in [6, 6.07) is 8.10. The van der Waals surface area contributed by atoms with E-state index in [1.165, 1.54) is 24.3 Å². The summed E-state index contributed by atoms with van der Waals surface area (Å²) in [6.45, 7) is 1.35. The smallest absolute Gasteiger partial charge is 0.240 e. The normalized spacial score (nSPS) is 19.8. The highest BCUT2D eigenvalue weighted by molar-refractivity contribution is 7.89. The first-order chi connectivity index (χ1) is 9.12. The van der Waals surface area contributed by atoms with Gasteiger partial charge >= 0.3 is 0 Å². The van der Waals surface area contributed by atoms with Crippen LogP contribution in [0.1, 0.15) is 24.8 Å². The number of rotatable bonds is 4. The Balaban J connectivity index is 1.99. The summed E-state index contributed by atoms with van der Waals surface area (Å²) in [4.78, 5) is 0.197. The highest BCUT2D eigenvalue weighted by Gasteiger charge is 2.18. The molecular weight excluding hydrogens is 262 g/mol. The van der Waals surface area contributed by atoms with E-state index in [2.05, 4.69) is 10.0 Å². The summed E-state index contributed by atoms with van der Waals surface area (Å²) >= 11 is 0. The van der Waals surface area contributed by atoms with Gasteiger partial charge in [-0.15, -0.1) is 0 Å². The fourth-order valence-electron chi connectivity index (χ4n) is 2.10. The van der Waals surface area contributed by atoms with Crippen LogP contribution < -0.4 is 10.0 Å². The Bertz CT molecular complexity index is 555. The largest absolute Gasteiger partial charge is 0.313 e. The lowest BCUT2D eigenvalue weighted by atomic mass is 10.1. The zero-order chi connectivity index (χ0) is 13.7. The SMILES string of the molecule is N#Cc1ccc(S(=O)(=O)NCC2CCCCN2)cc1. The average molecular weight is 279 g/mol. The van der Waals surface area contributed by atoms with Gasteiger partial charge in [0.15, 0.2) is 0 Å². The minimum Gasteiger partial charge on any atom is -0.313 e. The lowest BCUT2D eigenvalue weighted by Gasteiger charge is -2.23. The Labute approximate surface area is 113 Å². The van der Waals surface area contributed by atoms with E-state index in [0.29, 0.717) is 12.1 Å². The number of sulfonamides is 1. The Morgan fingerprint density at radius 1 is 1.32 bits per heavy atom. The van der Waals surface area contributed by atoms with E-state index >= 15 is 0 Å². The standard InChI is InChI=1S/C13H17N3O2S/c14-9-11-4-6-13(7-5-11)19(17,18)16-10-12-3-1-2-8-15-12/h4-7,12,15-16H,1-3,8,10H2. The molecule has 1 atom stereocenters. The Hall–Kier alpha value is -1.42. The van der Waals surface area contributed by atoms with E-state index in [-0.39, 0.29) is 10.9 Å². The number of nitrogens with zero attached hydrogens (tertiary/aromatic N) is 1. The summed E-state index contributed by atoms with van der Waals surface area (Å²) < 4.78 is 26.7. The van der Waals surface area contributed by atoms with Crippen molar-refractivity contribution in [3.63, 3.8) is 0 Å². The molecule has 1 fully saturated rings. The zero-order valence-electron chi connectivity index (χ0n) is 10.6. The van der Waals surface area contributed by atoms with Crippen molar-refractivity contribution >= 4 is 10.0 Å². The molecule has 5 nitrogen and oxygen atoms in total. The van der Waals surface area contributed by atoms with Crippen LogP contribution in [-0.2, 0) is 10.0 Å². The van der Waals surface area contributed by atoms with Crippen LogP contribution in [0.25, 0.3) is 0 Å².